The van der Waals surface area contributed by atoms with Crippen LogP contribution in [0.3, 0.4) is 0 Å². The molecule has 1 aliphatic heterocycles. The van der Waals surface area contributed by atoms with E-state index in [1.54, 1.807) is 31.0 Å². The Morgan fingerprint density at radius 3 is 2.50 bits per heavy atom. The topological polar surface area (TPSA) is 82.9 Å². The summed E-state index contributed by atoms with van der Waals surface area (Å²) < 4.78 is 17.9. The molecular formula is C20H25N3O5. The molecule has 0 spiro atoms. The molecule has 28 heavy (non-hydrogen) atoms. The van der Waals surface area contributed by atoms with Gasteiger partial charge in [0.05, 0.1) is 25.5 Å². The predicted molar refractivity (Wildman–Crippen MR) is 101 cm³/mol. The van der Waals surface area contributed by atoms with E-state index < -0.39 is 5.97 Å². The molecule has 1 amide bonds. The molecule has 0 N–H and O–H groups in total. The Morgan fingerprint density at radius 1 is 1.11 bits per heavy atom. The zero-order chi connectivity index (χ0) is 20.1. The number of carbonyl (C=O) groups is 2. The number of para-hydroxylation sites is 2. The van der Waals surface area contributed by atoms with Crippen molar-refractivity contribution in [3.05, 3.63) is 41.2 Å². The van der Waals surface area contributed by atoms with Gasteiger partial charge in [-0.15, -0.1) is 0 Å². The molecule has 2 aromatic rings. The van der Waals surface area contributed by atoms with Crippen LogP contribution < -0.4 is 9.47 Å². The summed E-state index contributed by atoms with van der Waals surface area (Å²) in [5.41, 5.74) is 1.98. The normalized spacial score (nSPS) is 13.0. The molecule has 2 heterocycles. The highest BCUT2D eigenvalue weighted by Crippen LogP contribution is 2.27. The second-order valence-electron chi connectivity index (χ2n) is 6.35. The predicted octanol–water partition coefficient (Wildman–Crippen LogP) is 1.96. The van der Waals surface area contributed by atoms with Crippen molar-refractivity contribution in [1.82, 2.24) is 14.7 Å². The Kier molecular flexibility index (Phi) is 6.18. The van der Waals surface area contributed by atoms with Crippen molar-refractivity contribution < 1.29 is 23.8 Å². The molecule has 1 aromatic heterocycles. The number of nitrogens with zero attached hydrogens (tertiary/aromatic N) is 3. The van der Waals surface area contributed by atoms with Crippen molar-refractivity contribution in [3.63, 3.8) is 0 Å². The van der Waals surface area contributed by atoms with E-state index in [4.69, 9.17) is 14.2 Å². The van der Waals surface area contributed by atoms with Crippen LogP contribution in [0.25, 0.3) is 0 Å². The van der Waals surface area contributed by atoms with Crippen molar-refractivity contribution in [2.45, 2.75) is 26.8 Å². The first kappa shape index (κ1) is 19.7. The second kappa shape index (κ2) is 8.77. The van der Waals surface area contributed by atoms with Gasteiger partial charge in [-0.25, -0.2) is 4.79 Å². The van der Waals surface area contributed by atoms with Gasteiger partial charge in [-0.3, -0.25) is 9.48 Å². The van der Waals surface area contributed by atoms with E-state index in [-0.39, 0.29) is 19.1 Å². The molecule has 3 rings (SSSR count). The fourth-order valence-electron chi connectivity index (χ4n) is 3.24. The van der Waals surface area contributed by atoms with Crippen LogP contribution in [0, 0.1) is 0 Å². The summed E-state index contributed by atoms with van der Waals surface area (Å²) in [6, 6.07) is 7.26. The summed E-state index contributed by atoms with van der Waals surface area (Å²) >= 11 is 0. The lowest BCUT2D eigenvalue weighted by Crippen LogP contribution is -2.39. The first-order valence-electron chi connectivity index (χ1n) is 9.39. The van der Waals surface area contributed by atoms with Crippen LogP contribution >= 0.6 is 0 Å². The van der Waals surface area contributed by atoms with Gasteiger partial charge < -0.3 is 19.1 Å². The molecule has 150 valence electrons. The van der Waals surface area contributed by atoms with Gasteiger partial charge in [0, 0.05) is 25.6 Å². The maximum atomic E-state index is 12.7. The maximum absolute atomic E-state index is 12.7. The number of carbonyl (C=O) groups excluding carboxylic acids is 2. The number of hydrogen-bond acceptors (Lipinski definition) is 6. The van der Waals surface area contributed by atoms with Crippen LogP contribution in [0.15, 0.2) is 24.3 Å². The van der Waals surface area contributed by atoms with Crippen LogP contribution in [0.4, 0.5) is 0 Å². The zero-order valence-corrected chi connectivity index (χ0v) is 16.4. The summed E-state index contributed by atoms with van der Waals surface area (Å²) in [6.07, 6.45) is 0.587. The van der Waals surface area contributed by atoms with Gasteiger partial charge in [-0.1, -0.05) is 12.1 Å². The quantitative estimate of drug-likeness (QED) is 0.676. The molecule has 0 radical (unpaired) electrons. The highest BCUT2D eigenvalue weighted by atomic mass is 16.5. The number of fused-ring (bicyclic) bond motifs is 1. The van der Waals surface area contributed by atoms with Crippen molar-refractivity contribution in [2.75, 3.05) is 26.4 Å². The Labute approximate surface area is 164 Å². The number of ether oxygens (including phenoxy) is 3. The van der Waals surface area contributed by atoms with Gasteiger partial charge >= 0.3 is 5.97 Å². The first-order chi connectivity index (χ1) is 13.5. The van der Waals surface area contributed by atoms with Crippen LogP contribution in [-0.4, -0.2) is 52.9 Å². The van der Waals surface area contributed by atoms with Gasteiger partial charge in [0.25, 0.3) is 5.91 Å². The lowest BCUT2D eigenvalue weighted by Gasteiger charge is -2.27. The number of hydrogen-bond donors (Lipinski definition) is 0. The Balaban J connectivity index is 1.68. The molecule has 0 fully saturated rings. The van der Waals surface area contributed by atoms with Crippen LogP contribution in [0.2, 0.25) is 0 Å². The minimum absolute atomic E-state index is 0.103. The van der Waals surface area contributed by atoms with Crippen LogP contribution in [0.5, 0.6) is 11.5 Å². The summed E-state index contributed by atoms with van der Waals surface area (Å²) in [7, 11) is 1.71. The molecule has 0 saturated heterocycles. The average molecular weight is 387 g/mol. The molecule has 0 bridgehead atoms. The highest BCUT2D eigenvalue weighted by molar-refractivity contribution is 5.90. The van der Waals surface area contributed by atoms with E-state index in [9.17, 15) is 9.59 Å². The fraction of sp³-hybridized carbons (Fsp3) is 0.450. The summed E-state index contributed by atoms with van der Waals surface area (Å²) in [5.74, 6) is 0.560. The minimum Gasteiger partial charge on any atom is -0.490 e. The SMILES string of the molecule is CCOC(=O)c1c2c(nn1C)CCN(C(=O)COc1ccccc1OCC)C2. The fourth-order valence-corrected chi connectivity index (χ4v) is 3.24. The third-order valence-electron chi connectivity index (χ3n) is 4.52. The average Bonchev–Trinajstić information content (AvgIpc) is 3.02. The van der Waals surface area contributed by atoms with E-state index in [0.717, 1.165) is 11.3 Å². The van der Waals surface area contributed by atoms with Gasteiger partial charge in [0.15, 0.2) is 23.8 Å². The van der Waals surface area contributed by atoms with E-state index in [1.807, 2.05) is 19.1 Å². The summed E-state index contributed by atoms with van der Waals surface area (Å²) in [4.78, 5) is 26.6. The first-order valence-corrected chi connectivity index (χ1v) is 9.39. The number of rotatable bonds is 7. The Bertz CT molecular complexity index is 862. The second-order valence-corrected chi connectivity index (χ2v) is 6.35. The Morgan fingerprint density at radius 2 is 1.82 bits per heavy atom. The number of esters is 1. The van der Waals surface area contributed by atoms with E-state index >= 15 is 0 Å². The zero-order valence-electron chi connectivity index (χ0n) is 16.4. The van der Waals surface area contributed by atoms with Crippen LogP contribution in [0.1, 0.15) is 35.6 Å². The largest absolute Gasteiger partial charge is 0.490 e. The maximum Gasteiger partial charge on any atom is 0.356 e. The molecule has 0 aliphatic carbocycles. The standard InChI is InChI=1S/C20H25N3O5/c1-4-26-16-8-6-7-9-17(16)28-13-18(24)23-11-10-15-14(12-23)19(22(3)21-15)20(25)27-5-2/h6-9H,4-5,10-13H2,1-3H3. The molecule has 1 aromatic carbocycles. The van der Waals surface area contributed by atoms with Crippen molar-refractivity contribution >= 4 is 11.9 Å². The van der Waals surface area contributed by atoms with E-state index in [0.29, 0.717) is 43.3 Å². The summed E-state index contributed by atoms with van der Waals surface area (Å²) in [5, 5.41) is 4.40. The third-order valence-corrected chi connectivity index (χ3v) is 4.52. The van der Waals surface area contributed by atoms with Gasteiger partial charge in [-0.2, -0.15) is 5.10 Å². The molecular weight excluding hydrogens is 362 g/mol. The minimum atomic E-state index is -0.421. The lowest BCUT2D eigenvalue weighted by molar-refractivity contribution is -0.134. The molecule has 8 heteroatoms. The number of benzene rings is 1. The Hall–Kier alpha value is -3.03. The molecule has 1 aliphatic rings. The van der Waals surface area contributed by atoms with Gasteiger partial charge in [-0.05, 0) is 26.0 Å². The number of aryl methyl sites for hydroxylation is 1. The molecule has 8 nitrogen and oxygen atoms in total. The van der Waals surface area contributed by atoms with Crippen LogP contribution in [-0.2, 0) is 29.5 Å². The van der Waals surface area contributed by atoms with Crippen molar-refractivity contribution in [1.29, 1.82) is 0 Å². The third kappa shape index (κ3) is 4.11. The monoisotopic (exact) mass is 387 g/mol. The molecule has 0 saturated carbocycles. The molecule has 0 atom stereocenters. The number of amides is 1. The smallest absolute Gasteiger partial charge is 0.356 e. The van der Waals surface area contributed by atoms with E-state index in [2.05, 4.69) is 5.10 Å². The molecule has 0 unspecified atom stereocenters. The van der Waals surface area contributed by atoms with Crippen molar-refractivity contribution in [2.24, 2.45) is 7.05 Å². The van der Waals surface area contributed by atoms with Gasteiger partial charge in [0.2, 0.25) is 0 Å². The lowest BCUT2D eigenvalue weighted by atomic mass is 10.1. The van der Waals surface area contributed by atoms with E-state index in [1.165, 1.54) is 4.68 Å². The van der Waals surface area contributed by atoms with Crippen molar-refractivity contribution in [3.8, 4) is 11.5 Å². The summed E-state index contributed by atoms with van der Waals surface area (Å²) in [6.45, 7) is 5.19. The van der Waals surface area contributed by atoms with Gasteiger partial charge in [0.1, 0.15) is 0 Å². The highest BCUT2D eigenvalue weighted by Gasteiger charge is 2.30. The number of aromatic nitrogens is 2.